The predicted molar refractivity (Wildman–Crippen MR) is 140 cm³/mol. The zero-order valence-corrected chi connectivity index (χ0v) is 22.3. The van der Waals surface area contributed by atoms with Gasteiger partial charge in [-0.05, 0) is 17.8 Å². The van der Waals surface area contributed by atoms with Gasteiger partial charge in [0.05, 0.1) is 0 Å². The van der Waals surface area contributed by atoms with Gasteiger partial charge in [-0.1, -0.05) is 176 Å². The van der Waals surface area contributed by atoms with Crippen LogP contribution >= 0.6 is 0 Å². The zero-order chi connectivity index (χ0) is 22.3. The smallest absolute Gasteiger partial charge is 0.0443 e. The van der Waals surface area contributed by atoms with Gasteiger partial charge in [0.25, 0.3) is 0 Å². The highest BCUT2D eigenvalue weighted by molar-refractivity contribution is 4.61. The maximum atomic E-state index is 2.50. The highest BCUT2D eigenvalue weighted by Gasteiger charge is 2.08. The van der Waals surface area contributed by atoms with Crippen LogP contribution in [0.15, 0.2) is 0 Å². The Labute approximate surface area is 193 Å². The Morgan fingerprint density at radius 3 is 0.833 bits per heavy atom. The van der Waals surface area contributed by atoms with Crippen LogP contribution in [0.1, 0.15) is 176 Å². The molecule has 0 saturated heterocycles. The quantitative estimate of drug-likeness (QED) is 0.136. The van der Waals surface area contributed by atoms with Gasteiger partial charge in [0, 0.05) is 0 Å². The molecule has 3 unspecified atom stereocenters. The number of rotatable bonds is 24. The maximum absolute atomic E-state index is 2.50. The van der Waals surface area contributed by atoms with Crippen molar-refractivity contribution >= 4 is 0 Å². The van der Waals surface area contributed by atoms with Crippen LogP contribution < -0.4 is 0 Å². The lowest BCUT2D eigenvalue weighted by atomic mass is 9.90. The third kappa shape index (κ3) is 22.7. The fraction of sp³-hybridized carbons (Fsp3) is 1.00. The summed E-state index contributed by atoms with van der Waals surface area (Å²) in [5.74, 6) is 2.85. The molecule has 0 aromatic carbocycles. The van der Waals surface area contributed by atoms with E-state index in [2.05, 4.69) is 34.6 Å². The Morgan fingerprint density at radius 1 is 0.300 bits per heavy atom. The van der Waals surface area contributed by atoms with Crippen molar-refractivity contribution < 1.29 is 0 Å². The Morgan fingerprint density at radius 2 is 0.533 bits per heavy atom. The van der Waals surface area contributed by atoms with Crippen molar-refractivity contribution in [2.75, 3.05) is 0 Å². The molecule has 0 aromatic heterocycles. The molecule has 0 aliphatic rings. The summed E-state index contributed by atoms with van der Waals surface area (Å²) in [6.45, 7) is 12.1. The number of unbranched alkanes of at least 4 members (excludes halogenated alkanes) is 12. The van der Waals surface area contributed by atoms with Crippen molar-refractivity contribution in [2.45, 2.75) is 176 Å². The van der Waals surface area contributed by atoms with Gasteiger partial charge in [0.2, 0.25) is 0 Å². The van der Waals surface area contributed by atoms with E-state index in [-0.39, 0.29) is 0 Å². The van der Waals surface area contributed by atoms with Crippen LogP contribution in [0.25, 0.3) is 0 Å². The predicted octanol–water partition coefficient (Wildman–Crippen LogP) is 11.5. The first-order valence-electron chi connectivity index (χ1n) is 14.6. The fourth-order valence-electron chi connectivity index (χ4n) is 4.96. The van der Waals surface area contributed by atoms with Gasteiger partial charge in [-0.15, -0.1) is 0 Å². The molecule has 0 bridgehead atoms. The lowest BCUT2D eigenvalue weighted by Crippen LogP contribution is -2.01. The molecule has 0 aromatic rings. The van der Waals surface area contributed by atoms with Crippen LogP contribution in [-0.2, 0) is 0 Å². The Hall–Kier alpha value is 0. The Bertz CT molecular complexity index is 307. The van der Waals surface area contributed by atoms with Crippen molar-refractivity contribution in [3.63, 3.8) is 0 Å². The maximum Gasteiger partial charge on any atom is -0.0443 e. The molecule has 0 heteroatoms. The second-order valence-electron chi connectivity index (χ2n) is 11.0. The molecule has 30 heavy (non-hydrogen) atoms. The second-order valence-corrected chi connectivity index (χ2v) is 11.0. The van der Waals surface area contributed by atoms with E-state index in [1.165, 1.54) is 141 Å². The first kappa shape index (κ1) is 30.0. The summed E-state index contributed by atoms with van der Waals surface area (Å²) in [6, 6.07) is 0. The third-order valence-corrected chi connectivity index (χ3v) is 7.39. The summed E-state index contributed by atoms with van der Waals surface area (Å²) in [4.78, 5) is 0. The van der Waals surface area contributed by atoms with Gasteiger partial charge in [-0.25, -0.2) is 0 Å². The summed E-state index contributed by atoms with van der Waals surface area (Å²) in [5, 5.41) is 0. The van der Waals surface area contributed by atoms with Gasteiger partial charge in [-0.2, -0.15) is 0 Å². The van der Waals surface area contributed by atoms with Gasteiger partial charge in [-0.3, -0.25) is 0 Å². The van der Waals surface area contributed by atoms with Crippen molar-refractivity contribution in [1.82, 2.24) is 0 Å². The summed E-state index contributed by atoms with van der Waals surface area (Å²) in [7, 11) is 0. The van der Waals surface area contributed by atoms with E-state index in [4.69, 9.17) is 0 Å². The molecule has 182 valence electrons. The molecule has 0 fully saturated rings. The fourth-order valence-corrected chi connectivity index (χ4v) is 4.96. The summed E-state index contributed by atoms with van der Waals surface area (Å²) >= 11 is 0. The highest BCUT2D eigenvalue weighted by Crippen LogP contribution is 2.23. The average Bonchev–Trinajstić information content (AvgIpc) is 2.72. The normalized spacial score (nSPS) is 14.7. The van der Waals surface area contributed by atoms with Crippen LogP contribution in [0.3, 0.4) is 0 Å². The first-order chi connectivity index (χ1) is 14.6. The molecule has 0 aliphatic carbocycles. The van der Waals surface area contributed by atoms with Crippen LogP contribution in [0.4, 0.5) is 0 Å². The Kier molecular flexibility index (Phi) is 23.7. The largest absolute Gasteiger partial charge is 0.0654 e. The summed E-state index contributed by atoms with van der Waals surface area (Å²) in [6.07, 6.45) is 32.0. The van der Waals surface area contributed by atoms with Crippen molar-refractivity contribution in [1.29, 1.82) is 0 Å². The monoisotopic (exact) mass is 422 g/mol. The van der Waals surface area contributed by atoms with Crippen molar-refractivity contribution in [3.8, 4) is 0 Å². The van der Waals surface area contributed by atoms with E-state index in [0.29, 0.717) is 0 Å². The van der Waals surface area contributed by atoms with E-state index in [1.54, 1.807) is 0 Å². The van der Waals surface area contributed by atoms with E-state index in [1.807, 2.05) is 0 Å². The zero-order valence-electron chi connectivity index (χ0n) is 22.3. The molecular weight excluding hydrogens is 360 g/mol. The van der Waals surface area contributed by atoms with Gasteiger partial charge in [0.1, 0.15) is 0 Å². The first-order valence-corrected chi connectivity index (χ1v) is 14.6. The van der Waals surface area contributed by atoms with Crippen LogP contribution in [0, 0.1) is 17.8 Å². The van der Waals surface area contributed by atoms with Crippen LogP contribution in [0.5, 0.6) is 0 Å². The molecule has 0 spiro atoms. The molecular formula is C30H62. The van der Waals surface area contributed by atoms with Gasteiger partial charge in [0.15, 0.2) is 0 Å². The Balaban J connectivity index is 3.41. The van der Waals surface area contributed by atoms with E-state index < -0.39 is 0 Å². The lowest BCUT2D eigenvalue weighted by molar-refractivity contribution is 0.373. The molecule has 0 saturated carbocycles. The molecule has 0 heterocycles. The molecule has 0 aliphatic heterocycles. The topological polar surface area (TPSA) is 0 Å². The SMILES string of the molecule is CCCCCCCCCCC(C)CCCC(C)CCCC(C)CCCCCCCC. The number of hydrogen-bond acceptors (Lipinski definition) is 0. The van der Waals surface area contributed by atoms with E-state index >= 15 is 0 Å². The minimum atomic E-state index is 0.946. The minimum Gasteiger partial charge on any atom is -0.0654 e. The van der Waals surface area contributed by atoms with Crippen molar-refractivity contribution in [3.05, 3.63) is 0 Å². The molecule has 0 N–H and O–H groups in total. The molecule has 0 nitrogen and oxygen atoms in total. The van der Waals surface area contributed by atoms with E-state index in [9.17, 15) is 0 Å². The highest BCUT2D eigenvalue weighted by atomic mass is 14.1. The summed E-state index contributed by atoms with van der Waals surface area (Å²) < 4.78 is 0. The standard InChI is InChI=1S/C30H62/c1-6-8-10-12-14-15-17-19-23-29(4)25-21-27-30(5)26-20-24-28(3)22-18-16-13-11-9-7-2/h28-30H,6-27H2,1-5H3. The summed E-state index contributed by atoms with van der Waals surface area (Å²) in [5.41, 5.74) is 0. The average molecular weight is 423 g/mol. The van der Waals surface area contributed by atoms with Crippen LogP contribution in [0.2, 0.25) is 0 Å². The van der Waals surface area contributed by atoms with E-state index in [0.717, 1.165) is 17.8 Å². The lowest BCUT2D eigenvalue weighted by Gasteiger charge is -2.16. The number of hydrogen-bond donors (Lipinski definition) is 0. The third-order valence-electron chi connectivity index (χ3n) is 7.39. The van der Waals surface area contributed by atoms with Crippen molar-refractivity contribution in [2.24, 2.45) is 17.8 Å². The minimum absolute atomic E-state index is 0.946. The van der Waals surface area contributed by atoms with Crippen LogP contribution in [-0.4, -0.2) is 0 Å². The van der Waals surface area contributed by atoms with Gasteiger partial charge < -0.3 is 0 Å². The molecule has 0 amide bonds. The molecule has 0 radical (unpaired) electrons. The van der Waals surface area contributed by atoms with Gasteiger partial charge >= 0.3 is 0 Å². The molecule has 3 atom stereocenters. The second kappa shape index (κ2) is 23.7. The molecule has 0 rings (SSSR count).